The number of nitrogens with zero attached hydrogens (tertiary/aromatic N) is 1. The largest absolute Gasteiger partial charge is 0.487 e. The number of carbonyl (C=O) groups is 1. The second-order valence-corrected chi connectivity index (χ2v) is 6.01. The van der Waals surface area contributed by atoms with Crippen LogP contribution in [0.3, 0.4) is 0 Å². The van der Waals surface area contributed by atoms with Crippen molar-refractivity contribution in [3.8, 4) is 5.75 Å². The smallest absolute Gasteiger partial charge is 0.225 e. The molecule has 1 aromatic carbocycles. The Bertz CT molecular complexity index is 462. The van der Waals surface area contributed by atoms with Gasteiger partial charge < -0.3 is 14.4 Å². The third kappa shape index (κ3) is 3.38. The number of likely N-dealkylation sites (tertiary alicyclic amines) is 1. The van der Waals surface area contributed by atoms with Gasteiger partial charge in [-0.15, -0.1) is 0 Å². The van der Waals surface area contributed by atoms with Gasteiger partial charge in [0, 0.05) is 13.0 Å². The van der Waals surface area contributed by atoms with Crippen molar-refractivity contribution < 1.29 is 14.3 Å². The van der Waals surface area contributed by atoms with Gasteiger partial charge in [0.05, 0.1) is 19.2 Å². The number of methoxy groups -OCH3 is 1. The van der Waals surface area contributed by atoms with Crippen molar-refractivity contribution in [3.05, 3.63) is 30.3 Å². The molecule has 0 N–H and O–H groups in total. The minimum atomic E-state index is 0.145. The van der Waals surface area contributed by atoms with Crippen LogP contribution >= 0.6 is 0 Å². The van der Waals surface area contributed by atoms with Gasteiger partial charge in [-0.1, -0.05) is 18.2 Å². The average molecular weight is 289 g/mol. The number of hydrogen-bond acceptors (Lipinski definition) is 3. The van der Waals surface area contributed by atoms with Crippen LogP contribution in [0, 0.1) is 5.92 Å². The summed E-state index contributed by atoms with van der Waals surface area (Å²) < 4.78 is 11.2. The predicted octanol–water partition coefficient (Wildman–Crippen LogP) is 2.48. The summed E-state index contributed by atoms with van der Waals surface area (Å²) in [6.07, 6.45) is 4.41. The van der Waals surface area contributed by atoms with Gasteiger partial charge in [-0.2, -0.15) is 0 Å². The van der Waals surface area contributed by atoms with Gasteiger partial charge in [0.1, 0.15) is 11.9 Å². The summed E-state index contributed by atoms with van der Waals surface area (Å²) in [5, 5.41) is 0. The third-order valence-electron chi connectivity index (χ3n) is 4.56. The number of rotatable bonds is 4. The van der Waals surface area contributed by atoms with Crippen molar-refractivity contribution in [2.45, 2.75) is 37.9 Å². The van der Waals surface area contributed by atoms with Gasteiger partial charge in [-0.25, -0.2) is 0 Å². The fourth-order valence-corrected chi connectivity index (χ4v) is 3.19. The lowest BCUT2D eigenvalue weighted by Crippen LogP contribution is -2.57. The van der Waals surface area contributed by atoms with E-state index >= 15 is 0 Å². The SMILES string of the molecule is COC1CCC(C(=O)N2CC(Oc3ccccc3)C2)CC1. The summed E-state index contributed by atoms with van der Waals surface area (Å²) in [5.41, 5.74) is 0. The second-order valence-electron chi connectivity index (χ2n) is 6.01. The standard InChI is InChI=1S/C17H23NO3/c1-20-14-9-7-13(8-10-14)17(19)18-11-16(12-18)21-15-5-3-2-4-6-15/h2-6,13-14,16H,7-12H2,1H3. The van der Waals surface area contributed by atoms with Crippen LogP contribution in [0.4, 0.5) is 0 Å². The summed E-state index contributed by atoms with van der Waals surface area (Å²) in [6.45, 7) is 1.44. The molecule has 1 aromatic rings. The van der Waals surface area contributed by atoms with Gasteiger partial charge in [0.25, 0.3) is 0 Å². The number of hydrogen-bond donors (Lipinski definition) is 0. The third-order valence-corrected chi connectivity index (χ3v) is 4.56. The number of amides is 1. The molecule has 21 heavy (non-hydrogen) atoms. The zero-order valence-electron chi connectivity index (χ0n) is 12.5. The summed E-state index contributed by atoms with van der Waals surface area (Å²) in [4.78, 5) is 14.3. The van der Waals surface area contributed by atoms with Crippen molar-refractivity contribution in [2.75, 3.05) is 20.2 Å². The molecule has 0 bridgehead atoms. The molecule has 1 amide bonds. The van der Waals surface area contributed by atoms with E-state index in [0.29, 0.717) is 12.0 Å². The Labute approximate surface area is 126 Å². The molecule has 1 aliphatic carbocycles. The molecule has 1 saturated carbocycles. The van der Waals surface area contributed by atoms with Crippen LogP contribution in [0.15, 0.2) is 30.3 Å². The first-order valence-corrected chi connectivity index (χ1v) is 7.79. The molecule has 1 heterocycles. The molecule has 3 rings (SSSR count). The van der Waals surface area contributed by atoms with Crippen molar-refractivity contribution in [2.24, 2.45) is 5.92 Å². The van der Waals surface area contributed by atoms with E-state index in [1.807, 2.05) is 35.2 Å². The number of ether oxygens (including phenoxy) is 2. The van der Waals surface area contributed by atoms with Crippen LogP contribution in [0.1, 0.15) is 25.7 Å². The fraction of sp³-hybridized carbons (Fsp3) is 0.588. The Balaban J connectivity index is 1.43. The Morgan fingerprint density at radius 2 is 1.71 bits per heavy atom. The molecule has 2 fully saturated rings. The van der Waals surface area contributed by atoms with Gasteiger partial charge in [-0.05, 0) is 37.8 Å². The first kappa shape index (κ1) is 14.4. The van der Waals surface area contributed by atoms with Crippen LogP contribution in [-0.2, 0) is 9.53 Å². The Kier molecular flexibility index (Phi) is 4.44. The second kappa shape index (κ2) is 6.48. The molecule has 0 spiro atoms. The molecular weight excluding hydrogens is 266 g/mol. The maximum absolute atomic E-state index is 12.4. The minimum Gasteiger partial charge on any atom is -0.487 e. The summed E-state index contributed by atoms with van der Waals surface area (Å²) >= 11 is 0. The molecule has 4 heteroatoms. The quantitative estimate of drug-likeness (QED) is 0.855. The van der Waals surface area contributed by atoms with E-state index in [2.05, 4.69) is 0 Å². The lowest BCUT2D eigenvalue weighted by Gasteiger charge is -2.41. The normalized spacial score (nSPS) is 26.2. The molecule has 1 saturated heterocycles. The Hall–Kier alpha value is -1.55. The number of para-hydroxylation sites is 1. The zero-order valence-corrected chi connectivity index (χ0v) is 12.5. The lowest BCUT2D eigenvalue weighted by atomic mass is 9.85. The molecule has 0 aromatic heterocycles. The van der Waals surface area contributed by atoms with Crippen LogP contribution in [0.5, 0.6) is 5.75 Å². The highest BCUT2D eigenvalue weighted by Gasteiger charge is 2.37. The van der Waals surface area contributed by atoms with E-state index < -0.39 is 0 Å². The van der Waals surface area contributed by atoms with Crippen LogP contribution in [-0.4, -0.2) is 43.2 Å². The molecule has 0 atom stereocenters. The van der Waals surface area contributed by atoms with Crippen molar-refractivity contribution >= 4 is 5.91 Å². The highest BCUT2D eigenvalue weighted by molar-refractivity contribution is 5.79. The first-order chi connectivity index (χ1) is 10.3. The summed E-state index contributed by atoms with van der Waals surface area (Å²) in [6, 6.07) is 9.81. The van der Waals surface area contributed by atoms with Gasteiger partial charge >= 0.3 is 0 Å². The lowest BCUT2D eigenvalue weighted by molar-refractivity contribution is -0.146. The van der Waals surface area contributed by atoms with E-state index in [0.717, 1.165) is 44.5 Å². The maximum atomic E-state index is 12.4. The summed E-state index contributed by atoms with van der Waals surface area (Å²) in [7, 11) is 1.76. The minimum absolute atomic E-state index is 0.145. The van der Waals surface area contributed by atoms with Gasteiger partial charge in [-0.3, -0.25) is 4.79 Å². The first-order valence-electron chi connectivity index (χ1n) is 7.79. The topological polar surface area (TPSA) is 38.8 Å². The highest BCUT2D eigenvalue weighted by Crippen LogP contribution is 2.29. The molecular formula is C17H23NO3. The highest BCUT2D eigenvalue weighted by atomic mass is 16.5. The molecule has 0 radical (unpaired) electrons. The van der Waals surface area contributed by atoms with Crippen molar-refractivity contribution in [1.82, 2.24) is 4.90 Å². The van der Waals surface area contributed by atoms with E-state index in [-0.39, 0.29) is 12.0 Å². The van der Waals surface area contributed by atoms with Crippen molar-refractivity contribution in [3.63, 3.8) is 0 Å². The van der Waals surface area contributed by atoms with Gasteiger partial charge in [0.2, 0.25) is 5.91 Å². The molecule has 2 aliphatic rings. The maximum Gasteiger partial charge on any atom is 0.225 e. The van der Waals surface area contributed by atoms with E-state index in [4.69, 9.17) is 9.47 Å². The monoisotopic (exact) mass is 289 g/mol. The molecule has 1 aliphatic heterocycles. The Morgan fingerprint density at radius 3 is 2.33 bits per heavy atom. The number of carbonyl (C=O) groups excluding carboxylic acids is 1. The zero-order chi connectivity index (χ0) is 14.7. The van der Waals surface area contributed by atoms with Gasteiger partial charge in [0.15, 0.2) is 0 Å². The molecule has 0 unspecified atom stereocenters. The fourth-order valence-electron chi connectivity index (χ4n) is 3.19. The predicted molar refractivity (Wildman–Crippen MR) is 80.2 cm³/mol. The number of benzene rings is 1. The summed E-state index contributed by atoms with van der Waals surface area (Å²) in [5.74, 6) is 1.38. The van der Waals surface area contributed by atoms with E-state index in [9.17, 15) is 4.79 Å². The van der Waals surface area contributed by atoms with Crippen LogP contribution in [0.25, 0.3) is 0 Å². The van der Waals surface area contributed by atoms with E-state index in [1.54, 1.807) is 7.11 Å². The average Bonchev–Trinajstić information content (AvgIpc) is 2.51. The molecule has 114 valence electrons. The van der Waals surface area contributed by atoms with Crippen LogP contribution in [0.2, 0.25) is 0 Å². The van der Waals surface area contributed by atoms with Crippen molar-refractivity contribution in [1.29, 1.82) is 0 Å². The van der Waals surface area contributed by atoms with Crippen LogP contribution < -0.4 is 4.74 Å². The Morgan fingerprint density at radius 1 is 1.05 bits per heavy atom. The van der Waals surface area contributed by atoms with E-state index in [1.165, 1.54) is 0 Å². The molecule has 4 nitrogen and oxygen atoms in total.